The van der Waals surface area contributed by atoms with Crippen LogP contribution in [0.2, 0.25) is 0 Å². The van der Waals surface area contributed by atoms with Gasteiger partial charge in [-0.2, -0.15) is 0 Å². The molecule has 0 saturated carbocycles. The minimum atomic E-state index is -1.23. The molecule has 0 spiro atoms. The minimum absolute atomic E-state index is 0.0731. The number of aromatic nitrogens is 2. The van der Waals surface area contributed by atoms with Crippen LogP contribution in [0, 0.1) is 18.6 Å². The Morgan fingerprint density at radius 2 is 2.00 bits per heavy atom. The third kappa shape index (κ3) is 2.34. The van der Waals surface area contributed by atoms with Crippen molar-refractivity contribution in [3.05, 3.63) is 53.6 Å². The van der Waals surface area contributed by atoms with Crippen LogP contribution in [-0.4, -0.2) is 14.7 Å². The average Bonchev–Trinajstić information content (AvgIpc) is 2.64. The van der Waals surface area contributed by atoms with E-state index in [1.807, 2.05) is 0 Å². The SMILES string of the molecule is Cc1nccn1CC(O)c1c(F)cccc1F. The maximum Gasteiger partial charge on any atom is 0.132 e. The zero-order chi connectivity index (χ0) is 12.4. The van der Waals surface area contributed by atoms with Crippen LogP contribution in [0.1, 0.15) is 17.5 Å². The topological polar surface area (TPSA) is 38.0 Å². The maximum absolute atomic E-state index is 13.4. The molecule has 0 aliphatic rings. The van der Waals surface area contributed by atoms with Gasteiger partial charge in [-0.05, 0) is 19.1 Å². The zero-order valence-electron chi connectivity index (χ0n) is 9.27. The summed E-state index contributed by atoms with van der Waals surface area (Å²) in [6.07, 6.45) is 1.99. The molecular weight excluding hydrogens is 226 g/mol. The van der Waals surface area contributed by atoms with Crippen molar-refractivity contribution in [1.82, 2.24) is 9.55 Å². The summed E-state index contributed by atoms with van der Waals surface area (Å²) >= 11 is 0. The van der Waals surface area contributed by atoms with Gasteiger partial charge >= 0.3 is 0 Å². The van der Waals surface area contributed by atoms with E-state index in [-0.39, 0.29) is 12.1 Å². The molecule has 1 aromatic carbocycles. The average molecular weight is 238 g/mol. The van der Waals surface area contributed by atoms with E-state index in [1.165, 1.54) is 6.07 Å². The number of hydrogen-bond donors (Lipinski definition) is 1. The van der Waals surface area contributed by atoms with Crippen molar-refractivity contribution in [3.63, 3.8) is 0 Å². The fourth-order valence-electron chi connectivity index (χ4n) is 1.70. The van der Waals surface area contributed by atoms with E-state index in [0.29, 0.717) is 5.82 Å². The Bertz CT molecular complexity index is 505. The highest BCUT2D eigenvalue weighted by Gasteiger charge is 2.18. The molecule has 3 nitrogen and oxygen atoms in total. The lowest BCUT2D eigenvalue weighted by atomic mass is 10.1. The number of benzene rings is 1. The standard InChI is InChI=1S/C12H12F2N2O/c1-8-15-5-6-16(8)7-11(17)12-9(13)3-2-4-10(12)14/h2-6,11,17H,7H2,1H3. The van der Waals surface area contributed by atoms with E-state index in [1.54, 1.807) is 23.9 Å². The lowest BCUT2D eigenvalue weighted by Gasteiger charge is -2.14. The number of aliphatic hydroxyl groups excluding tert-OH is 1. The predicted octanol–water partition coefficient (Wildman–Crippen LogP) is 2.20. The van der Waals surface area contributed by atoms with E-state index in [9.17, 15) is 13.9 Å². The van der Waals surface area contributed by atoms with Gasteiger partial charge in [0.15, 0.2) is 0 Å². The summed E-state index contributed by atoms with van der Waals surface area (Å²) in [5.74, 6) is -0.800. The Morgan fingerprint density at radius 1 is 1.35 bits per heavy atom. The predicted molar refractivity (Wildman–Crippen MR) is 58.3 cm³/mol. The van der Waals surface area contributed by atoms with Crippen LogP contribution in [0.25, 0.3) is 0 Å². The first-order valence-corrected chi connectivity index (χ1v) is 5.19. The summed E-state index contributed by atoms with van der Waals surface area (Å²) in [4.78, 5) is 3.97. The molecule has 0 radical (unpaired) electrons. The van der Waals surface area contributed by atoms with Crippen molar-refractivity contribution in [3.8, 4) is 0 Å². The molecule has 5 heteroatoms. The van der Waals surface area contributed by atoms with E-state index in [4.69, 9.17) is 0 Å². The third-order valence-corrected chi connectivity index (χ3v) is 2.63. The highest BCUT2D eigenvalue weighted by Crippen LogP contribution is 2.22. The van der Waals surface area contributed by atoms with Gasteiger partial charge < -0.3 is 9.67 Å². The number of hydrogen-bond acceptors (Lipinski definition) is 2. The fourth-order valence-corrected chi connectivity index (χ4v) is 1.70. The first kappa shape index (κ1) is 11.7. The van der Waals surface area contributed by atoms with E-state index in [0.717, 1.165) is 12.1 Å². The number of rotatable bonds is 3. The first-order valence-electron chi connectivity index (χ1n) is 5.19. The van der Waals surface area contributed by atoms with E-state index < -0.39 is 17.7 Å². The smallest absolute Gasteiger partial charge is 0.132 e. The number of halogens is 2. The van der Waals surface area contributed by atoms with Crippen LogP contribution in [0.3, 0.4) is 0 Å². The summed E-state index contributed by atoms with van der Waals surface area (Å²) in [5, 5.41) is 9.85. The molecule has 0 aliphatic heterocycles. The van der Waals surface area contributed by atoms with E-state index >= 15 is 0 Å². The second kappa shape index (κ2) is 4.63. The first-order chi connectivity index (χ1) is 8.09. The molecule has 1 aromatic heterocycles. The van der Waals surface area contributed by atoms with Gasteiger partial charge in [-0.3, -0.25) is 0 Å². The van der Waals surface area contributed by atoms with Gasteiger partial charge in [0.1, 0.15) is 23.6 Å². The summed E-state index contributed by atoms with van der Waals surface area (Å²) in [5.41, 5.74) is -0.305. The summed E-state index contributed by atoms with van der Waals surface area (Å²) in [7, 11) is 0. The molecule has 1 heterocycles. The second-order valence-corrected chi connectivity index (χ2v) is 3.78. The summed E-state index contributed by atoms with van der Waals surface area (Å²) in [6.45, 7) is 1.83. The lowest BCUT2D eigenvalue weighted by Crippen LogP contribution is -2.12. The Morgan fingerprint density at radius 3 is 2.53 bits per heavy atom. The van der Waals surface area contributed by atoms with Crippen molar-refractivity contribution in [2.24, 2.45) is 0 Å². The zero-order valence-corrected chi connectivity index (χ0v) is 9.27. The van der Waals surface area contributed by atoms with Gasteiger partial charge in [-0.15, -0.1) is 0 Å². The Labute approximate surface area is 97.3 Å². The molecule has 1 atom stereocenters. The number of nitrogens with zero attached hydrogens (tertiary/aromatic N) is 2. The van der Waals surface area contributed by atoms with Gasteiger partial charge in [0.25, 0.3) is 0 Å². The molecule has 0 aliphatic carbocycles. The molecule has 17 heavy (non-hydrogen) atoms. The molecule has 0 amide bonds. The largest absolute Gasteiger partial charge is 0.386 e. The van der Waals surface area contributed by atoms with Crippen molar-refractivity contribution in [2.75, 3.05) is 0 Å². The maximum atomic E-state index is 13.4. The lowest BCUT2D eigenvalue weighted by molar-refractivity contribution is 0.146. The number of imidazole rings is 1. The fraction of sp³-hybridized carbons (Fsp3) is 0.250. The van der Waals surface area contributed by atoms with Crippen LogP contribution in [0.5, 0.6) is 0 Å². The van der Waals surface area contributed by atoms with E-state index in [2.05, 4.69) is 4.98 Å². The van der Waals surface area contributed by atoms with Crippen LogP contribution in [-0.2, 0) is 6.54 Å². The number of aryl methyl sites for hydroxylation is 1. The highest BCUT2D eigenvalue weighted by atomic mass is 19.1. The van der Waals surface area contributed by atoms with Crippen LogP contribution in [0.15, 0.2) is 30.6 Å². The molecule has 1 N–H and O–H groups in total. The summed E-state index contributed by atoms with van der Waals surface area (Å²) in [6, 6.07) is 3.52. The Hall–Kier alpha value is -1.75. The van der Waals surface area contributed by atoms with Crippen LogP contribution < -0.4 is 0 Å². The molecule has 1 unspecified atom stereocenters. The van der Waals surface area contributed by atoms with Gasteiger partial charge in [-0.1, -0.05) is 6.07 Å². The van der Waals surface area contributed by atoms with Crippen LogP contribution in [0.4, 0.5) is 8.78 Å². The van der Waals surface area contributed by atoms with Crippen LogP contribution >= 0.6 is 0 Å². The minimum Gasteiger partial charge on any atom is -0.386 e. The van der Waals surface area contributed by atoms with Gasteiger partial charge in [0.2, 0.25) is 0 Å². The Balaban J connectivity index is 2.26. The van der Waals surface area contributed by atoms with Crippen molar-refractivity contribution in [1.29, 1.82) is 0 Å². The van der Waals surface area contributed by atoms with Gasteiger partial charge in [-0.25, -0.2) is 13.8 Å². The second-order valence-electron chi connectivity index (χ2n) is 3.78. The van der Waals surface area contributed by atoms with Crippen molar-refractivity contribution in [2.45, 2.75) is 19.6 Å². The normalized spacial score (nSPS) is 12.7. The van der Waals surface area contributed by atoms with Crippen molar-refractivity contribution < 1.29 is 13.9 Å². The molecule has 0 fully saturated rings. The molecule has 2 aromatic rings. The third-order valence-electron chi connectivity index (χ3n) is 2.63. The monoisotopic (exact) mass is 238 g/mol. The van der Waals surface area contributed by atoms with Gasteiger partial charge in [0, 0.05) is 12.4 Å². The number of aliphatic hydroxyl groups is 1. The molecule has 0 saturated heterocycles. The quantitative estimate of drug-likeness (QED) is 0.890. The molecule has 0 bridgehead atoms. The molecule has 2 rings (SSSR count). The van der Waals surface area contributed by atoms with Crippen molar-refractivity contribution >= 4 is 0 Å². The van der Waals surface area contributed by atoms with Gasteiger partial charge in [0.05, 0.1) is 12.1 Å². The molecular formula is C12H12F2N2O. The summed E-state index contributed by atoms with van der Waals surface area (Å²) < 4.78 is 28.4. The molecule has 90 valence electrons. The Kier molecular flexibility index (Phi) is 3.19. The highest BCUT2D eigenvalue weighted by molar-refractivity contribution is 5.22.